The van der Waals surface area contributed by atoms with Gasteiger partial charge in [-0.3, -0.25) is 4.90 Å². The van der Waals surface area contributed by atoms with Crippen LogP contribution in [0.1, 0.15) is 51.2 Å². The summed E-state index contributed by atoms with van der Waals surface area (Å²) in [5.74, 6) is 1.72. The summed E-state index contributed by atoms with van der Waals surface area (Å²) >= 11 is 0. The first-order valence-corrected chi connectivity index (χ1v) is 8.61. The molecule has 7 nitrogen and oxygen atoms in total. The lowest BCUT2D eigenvalue weighted by Gasteiger charge is -2.39. The molecule has 7 heteroatoms. The van der Waals surface area contributed by atoms with E-state index in [4.69, 9.17) is 4.52 Å². The Bertz CT molecular complexity index is 671. The van der Waals surface area contributed by atoms with Crippen LogP contribution in [0.3, 0.4) is 0 Å². The molecule has 3 heterocycles. The smallest absolute Gasteiger partial charge is 0.263 e. The molecule has 1 saturated heterocycles. The maximum Gasteiger partial charge on any atom is 0.263 e. The number of likely N-dealkylation sites (tertiary alicyclic amines) is 1. The third-order valence-corrected chi connectivity index (χ3v) is 4.75. The van der Waals surface area contributed by atoms with Gasteiger partial charge in [-0.1, -0.05) is 20.8 Å². The molecule has 0 saturated carbocycles. The molecule has 2 aromatic heterocycles. The van der Waals surface area contributed by atoms with Crippen molar-refractivity contribution in [3.05, 3.63) is 24.1 Å². The zero-order valence-corrected chi connectivity index (χ0v) is 15.3. The van der Waals surface area contributed by atoms with Gasteiger partial charge in [-0.25, -0.2) is 4.98 Å². The number of rotatable bonds is 4. The SMILES string of the molecule is CN1CCC[C@@H](CNc2noc(C(C)(C)C)n2)[C@@H]1c1cncn1C. The maximum absolute atomic E-state index is 5.36. The molecule has 24 heavy (non-hydrogen) atoms. The number of nitrogens with one attached hydrogen (secondary N) is 1. The van der Waals surface area contributed by atoms with E-state index in [0.717, 1.165) is 13.1 Å². The molecule has 132 valence electrons. The molecule has 2 atom stereocenters. The fourth-order valence-electron chi connectivity index (χ4n) is 3.42. The Morgan fingerprint density at radius 2 is 2.12 bits per heavy atom. The summed E-state index contributed by atoms with van der Waals surface area (Å²) in [7, 11) is 4.25. The van der Waals surface area contributed by atoms with Crippen molar-refractivity contribution in [3.63, 3.8) is 0 Å². The molecule has 0 amide bonds. The lowest BCUT2D eigenvalue weighted by Crippen LogP contribution is -2.39. The van der Waals surface area contributed by atoms with Crippen molar-refractivity contribution in [1.82, 2.24) is 24.6 Å². The van der Waals surface area contributed by atoms with Crippen LogP contribution in [-0.4, -0.2) is 44.7 Å². The first kappa shape index (κ1) is 17.0. The highest BCUT2D eigenvalue weighted by Crippen LogP contribution is 2.34. The first-order chi connectivity index (χ1) is 11.4. The number of anilines is 1. The van der Waals surface area contributed by atoms with Crippen molar-refractivity contribution < 1.29 is 4.52 Å². The number of aryl methyl sites for hydroxylation is 1. The standard InChI is InChI=1S/C17H28N6O/c1-17(2,3)15-20-16(21-24-15)19-9-12-7-6-8-22(4)14(12)13-10-18-11-23(13)5/h10-12,14H,6-9H2,1-5H3,(H,19,21)/t12-,14+/m0/s1. The Morgan fingerprint density at radius 1 is 1.33 bits per heavy atom. The second-order valence-corrected chi connectivity index (χ2v) is 7.81. The van der Waals surface area contributed by atoms with E-state index in [1.54, 1.807) is 0 Å². The van der Waals surface area contributed by atoms with Crippen LogP contribution in [-0.2, 0) is 12.5 Å². The van der Waals surface area contributed by atoms with E-state index in [2.05, 4.69) is 64.8 Å². The Hall–Kier alpha value is -1.89. The van der Waals surface area contributed by atoms with Crippen LogP contribution in [0, 0.1) is 5.92 Å². The minimum Gasteiger partial charge on any atom is -0.351 e. The summed E-state index contributed by atoms with van der Waals surface area (Å²) in [6, 6.07) is 0.354. The van der Waals surface area contributed by atoms with Crippen LogP contribution in [0.2, 0.25) is 0 Å². The Labute approximate surface area is 143 Å². The third kappa shape index (κ3) is 3.45. The third-order valence-electron chi connectivity index (χ3n) is 4.75. The van der Waals surface area contributed by atoms with Gasteiger partial charge in [-0.2, -0.15) is 4.98 Å². The van der Waals surface area contributed by atoms with Gasteiger partial charge in [0.05, 0.1) is 18.1 Å². The van der Waals surface area contributed by atoms with Crippen LogP contribution in [0.25, 0.3) is 0 Å². The van der Waals surface area contributed by atoms with Crippen molar-refractivity contribution in [2.75, 3.05) is 25.5 Å². The largest absolute Gasteiger partial charge is 0.351 e. The van der Waals surface area contributed by atoms with Crippen molar-refractivity contribution in [2.24, 2.45) is 13.0 Å². The normalized spacial score (nSPS) is 22.7. The molecule has 0 bridgehead atoms. The van der Waals surface area contributed by atoms with Gasteiger partial charge in [0, 0.05) is 25.2 Å². The molecule has 0 spiro atoms. The summed E-state index contributed by atoms with van der Waals surface area (Å²) in [4.78, 5) is 11.2. The van der Waals surface area contributed by atoms with Gasteiger partial charge in [0.15, 0.2) is 0 Å². The van der Waals surface area contributed by atoms with Crippen molar-refractivity contribution in [3.8, 4) is 0 Å². The number of hydrogen-bond donors (Lipinski definition) is 1. The molecule has 0 radical (unpaired) electrons. The second kappa shape index (κ2) is 6.55. The summed E-state index contributed by atoms with van der Waals surface area (Å²) in [5, 5.41) is 7.43. The quantitative estimate of drug-likeness (QED) is 0.928. The Kier molecular flexibility index (Phi) is 4.62. The fraction of sp³-hybridized carbons (Fsp3) is 0.706. The number of hydrogen-bond acceptors (Lipinski definition) is 6. The van der Waals surface area contributed by atoms with Gasteiger partial charge in [-0.15, -0.1) is 0 Å². The highest BCUT2D eigenvalue weighted by atomic mass is 16.5. The number of nitrogens with zero attached hydrogens (tertiary/aromatic N) is 5. The van der Waals surface area contributed by atoms with Gasteiger partial charge in [0.1, 0.15) is 0 Å². The lowest BCUT2D eigenvalue weighted by molar-refractivity contribution is 0.122. The maximum atomic E-state index is 5.36. The minimum absolute atomic E-state index is 0.130. The molecule has 2 aromatic rings. The highest BCUT2D eigenvalue weighted by Gasteiger charge is 2.32. The Morgan fingerprint density at radius 3 is 2.75 bits per heavy atom. The average Bonchev–Trinajstić information content (AvgIpc) is 3.14. The van der Waals surface area contributed by atoms with Crippen molar-refractivity contribution in [2.45, 2.75) is 45.1 Å². The summed E-state index contributed by atoms with van der Waals surface area (Å²) in [6.07, 6.45) is 6.23. The molecule has 0 aromatic carbocycles. The second-order valence-electron chi connectivity index (χ2n) is 7.81. The molecule has 1 aliphatic rings. The van der Waals surface area contributed by atoms with Crippen LogP contribution in [0.15, 0.2) is 17.0 Å². The zero-order valence-electron chi connectivity index (χ0n) is 15.3. The van der Waals surface area contributed by atoms with Crippen molar-refractivity contribution in [1.29, 1.82) is 0 Å². The van der Waals surface area contributed by atoms with Crippen LogP contribution in [0.4, 0.5) is 5.95 Å². The number of piperidine rings is 1. The van der Waals surface area contributed by atoms with E-state index in [0.29, 0.717) is 23.8 Å². The molecule has 1 aliphatic heterocycles. The molecule has 3 rings (SSSR count). The Balaban J connectivity index is 1.70. The monoisotopic (exact) mass is 332 g/mol. The van der Waals surface area contributed by atoms with Gasteiger partial charge in [0.2, 0.25) is 5.89 Å². The van der Waals surface area contributed by atoms with Gasteiger partial charge >= 0.3 is 0 Å². The van der Waals surface area contributed by atoms with Crippen molar-refractivity contribution >= 4 is 5.95 Å². The molecule has 1 fully saturated rings. The molecular weight excluding hydrogens is 304 g/mol. The summed E-state index contributed by atoms with van der Waals surface area (Å²) in [5.41, 5.74) is 1.13. The van der Waals surface area contributed by atoms with Crippen LogP contribution >= 0.6 is 0 Å². The van der Waals surface area contributed by atoms with E-state index < -0.39 is 0 Å². The van der Waals surface area contributed by atoms with Gasteiger partial charge < -0.3 is 14.4 Å². The van der Waals surface area contributed by atoms with E-state index in [9.17, 15) is 0 Å². The highest BCUT2D eigenvalue weighted by molar-refractivity contribution is 5.23. The predicted molar refractivity (Wildman–Crippen MR) is 92.8 cm³/mol. The first-order valence-electron chi connectivity index (χ1n) is 8.61. The average molecular weight is 332 g/mol. The van der Waals surface area contributed by atoms with E-state index in [1.807, 2.05) is 12.5 Å². The van der Waals surface area contributed by atoms with Crippen LogP contribution < -0.4 is 5.32 Å². The van der Waals surface area contributed by atoms with E-state index >= 15 is 0 Å². The minimum atomic E-state index is -0.130. The number of imidazole rings is 1. The van der Waals surface area contributed by atoms with Crippen LogP contribution in [0.5, 0.6) is 0 Å². The predicted octanol–water partition coefficient (Wildman–Crippen LogP) is 2.60. The number of aromatic nitrogens is 4. The molecule has 0 aliphatic carbocycles. The van der Waals surface area contributed by atoms with Gasteiger partial charge in [0.25, 0.3) is 5.95 Å². The fourth-order valence-corrected chi connectivity index (χ4v) is 3.42. The van der Waals surface area contributed by atoms with E-state index in [1.165, 1.54) is 18.5 Å². The summed E-state index contributed by atoms with van der Waals surface area (Å²) in [6.45, 7) is 8.14. The van der Waals surface area contributed by atoms with Gasteiger partial charge in [-0.05, 0) is 37.5 Å². The topological polar surface area (TPSA) is 72.0 Å². The summed E-state index contributed by atoms with van der Waals surface area (Å²) < 4.78 is 7.48. The molecular formula is C17H28N6O. The molecule has 0 unspecified atom stereocenters. The lowest BCUT2D eigenvalue weighted by atomic mass is 9.87. The molecule has 1 N–H and O–H groups in total. The zero-order chi connectivity index (χ0) is 17.3. The van der Waals surface area contributed by atoms with E-state index in [-0.39, 0.29) is 5.41 Å².